The summed E-state index contributed by atoms with van der Waals surface area (Å²) >= 11 is 0. The van der Waals surface area contributed by atoms with E-state index in [1.165, 1.54) is 7.05 Å². The predicted molar refractivity (Wildman–Crippen MR) is 52.3 cm³/mol. The number of nitrogens with zero attached hydrogens (tertiary/aromatic N) is 1. The number of hydrogen-bond acceptors (Lipinski definition) is 3. The fourth-order valence-corrected chi connectivity index (χ4v) is 2.07. The molecular weight excluding hydrogens is 202 g/mol. The van der Waals surface area contributed by atoms with Gasteiger partial charge < -0.3 is 0 Å². The Balaban J connectivity index is 2.77. The van der Waals surface area contributed by atoms with Crippen LogP contribution in [0.25, 0.3) is 10.9 Å². The molecule has 2 N–H and O–H groups in total. The first-order valence-electron chi connectivity index (χ1n) is 4.02. The van der Waals surface area contributed by atoms with Gasteiger partial charge in [-0.05, 0) is 19.2 Å². The lowest BCUT2D eigenvalue weighted by Crippen LogP contribution is -2.19. The Morgan fingerprint density at radius 1 is 1.36 bits per heavy atom. The Morgan fingerprint density at radius 3 is 2.79 bits per heavy atom. The monoisotopic (exact) mass is 211 g/mol. The highest BCUT2D eigenvalue weighted by Crippen LogP contribution is 2.18. The number of para-hydroxylation sites is 1. The third-order valence-corrected chi connectivity index (χ3v) is 3.35. The zero-order chi connectivity index (χ0) is 10.2. The van der Waals surface area contributed by atoms with Gasteiger partial charge in [0.25, 0.3) is 10.0 Å². The SMILES string of the molecule is CNS(=O)(=O)c1[nH]nc2ccccc12. The minimum absolute atomic E-state index is 0.107. The van der Waals surface area contributed by atoms with Crippen molar-refractivity contribution in [2.45, 2.75) is 5.03 Å². The molecule has 1 heterocycles. The standard InChI is InChI=1S/C8H9N3O2S/c1-9-14(12,13)8-6-4-2-3-5-7(6)10-11-8/h2-5,9H,1H3,(H,10,11). The van der Waals surface area contributed by atoms with E-state index in [1.54, 1.807) is 24.3 Å². The Hall–Kier alpha value is -1.40. The Labute approximate surface area is 81.2 Å². The van der Waals surface area contributed by atoms with Gasteiger partial charge in [-0.25, -0.2) is 13.1 Å². The normalized spacial score (nSPS) is 12.1. The quantitative estimate of drug-likeness (QED) is 0.758. The van der Waals surface area contributed by atoms with Crippen molar-refractivity contribution in [1.82, 2.24) is 14.9 Å². The summed E-state index contributed by atoms with van der Waals surface area (Å²) in [6.07, 6.45) is 0. The van der Waals surface area contributed by atoms with E-state index in [4.69, 9.17) is 0 Å². The molecule has 0 spiro atoms. The minimum atomic E-state index is -3.45. The molecule has 2 rings (SSSR count). The number of fused-ring (bicyclic) bond motifs is 1. The molecule has 0 fully saturated rings. The van der Waals surface area contributed by atoms with Crippen molar-refractivity contribution in [2.24, 2.45) is 0 Å². The summed E-state index contributed by atoms with van der Waals surface area (Å²) in [7, 11) is -2.08. The van der Waals surface area contributed by atoms with Crippen LogP contribution >= 0.6 is 0 Å². The molecule has 0 unspecified atom stereocenters. The van der Waals surface area contributed by atoms with Crippen LogP contribution in [0.1, 0.15) is 0 Å². The molecule has 1 aromatic carbocycles. The van der Waals surface area contributed by atoms with Crippen LogP contribution in [-0.4, -0.2) is 25.7 Å². The summed E-state index contributed by atoms with van der Waals surface area (Å²) in [6.45, 7) is 0. The number of hydrogen-bond donors (Lipinski definition) is 2. The maximum absolute atomic E-state index is 11.5. The highest BCUT2D eigenvalue weighted by molar-refractivity contribution is 7.89. The second-order valence-electron chi connectivity index (χ2n) is 2.78. The van der Waals surface area contributed by atoms with Gasteiger partial charge in [0, 0.05) is 5.39 Å². The van der Waals surface area contributed by atoms with Crippen molar-refractivity contribution in [3.63, 3.8) is 0 Å². The summed E-state index contributed by atoms with van der Waals surface area (Å²) in [4.78, 5) is 0. The molecule has 0 aliphatic heterocycles. The van der Waals surface area contributed by atoms with E-state index < -0.39 is 10.0 Å². The first-order chi connectivity index (χ1) is 6.65. The largest absolute Gasteiger partial charge is 0.265 e. The fraction of sp³-hybridized carbons (Fsp3) is 0.125. The summed E-state index contributed by atoms with van der Waals surface area (Å²) in [5, 5.41) is 7.10. The first kappa shape index (κ1) is 9.17. The molecule has 0 aliphatic carbocycles. The molecule has 74 valence electrons. The first-order valence-corrected chi connectivity index (χ1v) is 5.50. The summed E-state index contributed by atoms with van der Waals surface area (Å²) in [5.74, 6) is 0. The number of H-pyrrole nitrogens is 1. The summed E-state index contributed by atoms with van der Waals surface area (Å²) in [5.41, 5.74) is 0.640. The van der Waals surface area contributed by atoms with Gasteiger partial charge in [-0.2, -0.15) is 5.10 Å². The van der Waals surface area contributed by atoms with E-state index in [0.29, 0.717) is 10.9 Å². The van der Waals surface area contributed by atoms with E-state index in [-0.39, 0.29) is 5.03 Å². The van der Waals surface area contributed by atoms with Crippen LogP contribution in [0.5, 0.6) is 0 Å². The maximum atomic E-state index is 11.5. The molecule has 6 heteroatoms. The lowest BCUT2D eigenvalue weighted by atomic mass is 10.3. The maximum Gasteiger partial charge on any atom is 0.257 e. The molecule has 0 atom stereocenters. The van der Waals surface area contributed by atoms with Crippen molar-refractivity contribution in [3.8, 4) is 0 Å². The number of benzene rings is 1. The molecule has 1 aromatic heterocycles. The van der Waals surface area contributed by atoms with E-state index >= 15 is 0 Å². The summed E-state index contributed by atoms with van der Waals surface area (Å²) < 4.78 is 25.2. The third kappa shape index (κ3) is 1.28. The van der Waals surface area contributed by atoms with Crippen LogP contribution in [0.3, 0.4) is 0 Å². The second kappa shape index (κ2) is 3.07. The third-order valence-electron chi connectivity index (χ3n) is 1.96. The van der Waals surface area contributed by atoms with Crippen LogP contribution in [-0.2, 0) is 10.0 Å². The van der Waals surface area contributed by atoms with Gasteiger partial charge in [-0.3, -0.25) is 5.10 Å². The smallest absolute Gasteiger partial charge is 0.257 e. The van der Waals surface area contributed by atoms with Crippen molar-refractivity contribution >= 4 is 20.9 Å². The van der Waals surface area contributed by atoms with Gasteiger partial charge in [0.2, 0.25) is 0 Å². The van der Waals surface area contributed by atoms with Gasteiger partial charge in [-0.15, -0.1) is 0 Å². The molecule has 0 radical (unpaired) electrons. The fourth-order valence-electron chi connectivity index (χ4n) is 1.24. The van der Waals surface area contributed by atoms with Crippen LogP contribution in [0.4, 0.5) is 0 Å². The van der Waals surface area contributed by atoms with Crippen molar-refractivity contribution in [1.29, 1.82) is 0 Å². The van der Waals surface area contributed by atoms with Gasteiger partial charge >= 0.3 is 0 Å². The van der Waals surface area contributed by atoms with Gasteiger partial charge in [-0.1, -0.05) is 12.1 Å². The number of sulfonamides is 1. The number of aromatic nitrogens is 2. The van der Waals surface area contributed by atoms with Crippen LogP contribution in [0.15, 0.2) is 29.3 Å². The molecule has 0 saturated heterocycles. The van der Waals surface area contributed by atoms with Gasteiger partial charge in [0.1, 0.15) is 0 Å². The lowest BCUT2D eigenvalue weighted by Gasteiger charge is -1.97. The van der Waals surface area contributed by atoms with Crippen molar-refractivity contribution in [3.05, 3.63) is 24.3 Å². The van der Waals surface area contributed by atoms with Crippen LogP contribution in [0.2, 0.25) is 0 Å². The van der Waals surface area contributed by atoms with Gasteiger partial charge in [0.15, 0.2) is 5.03 Å². The number of aromatic amines is 1. The summed E-state index contributed by atoms with van der Waals surface area (Å²) in [6, 6.07) is 7.04. The minimum Gasteiger partial charge on any atom is -0.265 e. The Morgan fingerprint density at radius 2 is 2.07 bits per heavy atom. The van der Waals surface area contributed by atoms with Crippen molar-refractivity contribution < 1.29 is 8.42 Å². The molecule has 0 aliphatic rings. The second-order valence-corrected chi connectivity index (χ2v) is 4.60. The Kier molecular flexibility index (Phi) is 2.01. The van der Waals surface area contributed by atoms with Gasteiger partial charge in [0.05, 0.1) is 5.52 Å². The molecular formula is C8H9N3O2S. The zero-order valence-corrected chi connectivity index (χ0v) is 8.30. The predicted octanol–water partition coefficient (Wildman–Crippen LogP) is 0.471. The lowest BCUT2D eigenvalue weighted by molar-refractivity contribution is 0.585. The molecule has 0 saturated carbocycles. The highest BCUT2D eigenvalue weighted by Gasteiger charge is 2.17. The van der Waals surface area contributed by atoms with E-state index in [0.717, 1.165) is 0 Å². The average Bonchev–Trinajstić information content (AvgIpc) is 2.61. The molecule has 0 bridgehead atoms. The molecule has 5 nitrogen and oxygen atoms in total. The van der Waals surface area contributed by atoms with E-state index in [2.05, 4.69) is 14.9 Å². The Bertz CT molecular complexity index is 559. The average molecular weight is 211 g/mol. The number of rotatable bonds is 2. The van der Waals surface area contributed by atoms with Crippen LogP contribution in [0, 0.1) is 0 Å². The van der Waals surface area contributed by atoms with Crippen LogP contribution < -0.4 is 4.72 Å². The number of nitrogens with one attached hydrogen (secondary N) is 2. The zero-order valence-electron chi connectivity index (χ0n) is 7.48. The highest BCUT2D eigenvalue weighted by atomic mass is 32.2. The molecule has 2 aromatic rings. The molecule has 0 amide bonds. The van der Waals surface area contributed by atoms with E-state index in [1.807, 2.05) is 0 Å². The van der Waals surface area contributed by atoms with E-state index in [9.17, 15) is 8.42 Å². The van der Waals surface area contributed by atoms with Crippen molar-refractivity contribution in [2.75, 3.05) is 7.05 Å². The topological polar surface area (TPSA) is 74.8 Å². The molecule has 14 heavy (non-hydrogen) atoms.